The van der Waals surface area contributed by atoms with Crippen LogP contribution in [-0.4, -0.2) is 22.6 Å². The summed E-state index contributed by atoms with van der Waals surface area (Å²) in [6.45, 7) is 2.72. The standard InChI is InChI=1S/C12H12N2O5/c1-12(2,11(15)16)7-19-10-5-3-4-9(14(17)18)8(10)6-13/h3-5H,7H2,1-2H3,(H,15,16). The fourth-order valence-electron chi connectivity index (χ4n) is 1.22. The normalized spacial score (nSPS) is 10.6. The Hall–Kier alpha value is -2.62. The molecule has 0 aliphatic carbocycles. The largest absolute Gasteiger partial charge is 0.491 e. The van der Waals surface area contributed by atoms with Crippen LogP contribution in [0.1, 0.15) is 19.4 Å². The van der Waals surface area contributed by atoms with Crippen molar-refractivity contribution >= 4 is 11.7 Å². The lowest BCUT2D eigenvalue weighted by Crippen LogP contribution is -2.30. The molecule has 19 heavy (non-hydrogen) atoms. The highest BCUT2D eigenvalue weighted by Crippen LogP contribution is 2.28. The molecule has 0 spiro atoms. The van der Waals surface area contributed by atoms with Gasteiger partial charge in [0.25, 0.3) is 5.69 Å². The highest BCUT2D eigenvalue weighted by atomic mass is 16.6. The predicted octanol–water partition coefficient (Wildman–Crippen LogP) is 1.96. The Labute approximate surface area is 109 Å². The maximum absolute atomic E-state index is 10.9. The van der Waals surface area contributed by atoms with Crippen molar-refractivity contribution in [1.82, 2.24) is 0 Å². The van der Waals surface area contributed by atoms with Crippen LogP contribution in [0.2, 0.25) is 0 Å². The number of hydrogen-bond donors (Lipinski definition) is 1. The van der Waals surface area contributed by atoms with Crippen molar-refractivity contribution in [2.45, 2.75) is 13.8 Å². The topological polar surface area (TPSA) is 113 Å². The molecule has 7 heteroatoms. The third kappa shape index (κ3) is 3.19. The van der Waals surface area contributed by atoms with E-state index in [0.29, 0.717) is 0 Å². The molecule has 0 radical (unpaired) electrons. The first-order valence-electron chi connectivity index (χ1n) is 5.33. The fraction of sp³-hybridized carbons (Fsp3) is 0.333. The van der Waals surface area contributed by atoms with Crippen molar-refractivity contribution in [1.29, 1.82) is 5.26 Å². The number of aliphatic carboxylic acids is 1. The first kappa shape index (κ1) is 14.4. The molecule has 0 saturated heterocycles. The number of hydrogen-bond acceptors (Lipinski definition) is 5. The molecule has 1 N–H and O–H groups in total. The second-order valence-corrected chi connectivity index (χ2v) is 4.50. The Morgan fingerprint density at radius 2 is 2.21 bits per heavy atom. The lowest BCUT2D eigenvalue weighted by Gasteiger charge is -2.19. The Morgan fingerprint density at radius 1 is 1.58 bits per heavy atom. The molecule has 0 saturated carbocycles. The summed E-state index contributed by atoms with van der Waals surface area (Å²) in [7, 11) is 0. The van der Waals surface area contributed by atoms with E-state index in [1.807, 2.05) is 0 Å². The number of ether oxygens (including phenoxy) is 1. The van der Waals surface area contributed by atoms with Gasteiger partial charge in [0, 0.05) is 6.07 Å². The number of carboxylic acids is 1. The van der Waals surface area contributed by atoms with Crippen molar-refractivity contribution in [3.05, 3.63) is 33.9 Å². The minimum atomic E-state index is -1.16. The molecule has 1 aromatic rings. The Balaban J connectivity index is 3.04. The predicted molar refractivity (Wildman–Crippen MR) is 64.7 cm³/mol. The summed E-state index contributed by atoms with van der Waals surface area (Å²) in [5.74, 6) is -1.05. The van der Waals surface area contributed by atoms with E-state index in [4.69, 9.17) is 15.1 Å². The van der Waals surface area contributed by atoms with E-state index in [0.717, 1.165) is 0 Å². The van der Waals surface area contributed by atoms with Gasteiger partial charge in [-0.25, -0.2) is 0 Å². The van der Waals surface area contributed by atoms with Gasteiger partial charge in [-0.2, -0.15) is 5.26 Å². The van der Waals surface area contributed by atoms with Crippen LogP contribution >= 0.6 is 0 Å². The van der Waals surface area contributed by atoms with Gasteiger partial charge in [-0.3, -0.25) is 14.9 Å². The van der Waals surface area contributed by atoms with E-state index in [1.54, 1.807) is 6.07 Å². The summed E-state index contributed by atoms with van der Waals surface area (Å²) in [6, 6.07) is 5.65. The van der Waals surface area contributed by atoms with Crippen LogP contribution in [0.3, 0.4) is 0 Å². The van der Waals surface area contributed by atoms with Crippen LogP contribution in [-0.2, 0) is 4.79 Å². The average Bonchev–Trinajstić information content (AvgIpc) is 2.35. The van der Waals surface area contributed by atoms with Crippen LogP contribution in [0.4, 0.5) is 5.69 Å². The van der Waals surface area contributed by atoms with E-state index >= 15 is 0 Å². The highest BCUT2D eigenvalue weighted by Gasteiger charge is 2.29. The second kappa shape index (κ2) is 5.35. The quantitative estimate of drug-likeness (QED) is 0.642. The molecule has 0 unspecified atom stereocenters. The molecule has 0 bridgehead atoms. The van der Waals surface area contributed by atoms with Crippen molar-refractivity contribution in [3.8, 4) is 11.8 Å². The number of nitrogens with zero attached hydrogens (tertiary/aromatic N) is 2. The minimum absolute atomic E-state index is 0.00558. The first-order valence-corrected chi connectivity index (χ1v) is 5.33. The molecule has 1 aromatic carbocycles. The van der Waals surface area contributed by atoms with Crippen molar-refractivity contribution < 1.29 is 19.6 Å². The van der Waals surface area contributed by atoms with Gasteiger partial charge in [0.2, 0.25) is 0 Å². The maximum Gasteiger partial charge on any atom is 0.312 e. The van der Waals surface area contributed by atoms with Crippen molar-refractivity contribution in [3.63, 3.8) is 0 Å². The van der Waals surface area contributed by atoms with Gasteiger partial charge in [-0.1, -0.05) is 6.07 Å². The molecular weight excluding hydrogens is 252 g/mol. The van der Waals surface area contributed by atoms with Crippen LogP contribution < -0.4 is 4.74 Å². The summed E-state index contributed by atoms with van der Waals surface area (Å²) >= 11 is 0. The number of benzene rings is 1. The summed E-state index contributed by atoms with van der Waals surface area (Å²) in [5.41, 5.74) is -1.74. The first-order chi connectivity index (χ1) is 8.79. The summed E-state index contributed by atoms with van der Waals surface area (Å²) in [6.07, 6.45) is 0. The van der Waals surface area contributed by atoms with Gasteiger partial charge in [0.1, 0.15) is 18.4 Å². The molecule has 0 fully saturated rings. The average molecular weight is 264 g/mol. The lowest BCUT2D eigenvalue weighted by atomic mass is 9.95. The lowest BCUT2D eigenvalue weighted by molar-refractivity contribution is -0.385. The van der Waals surface area contributed by atoms with E-state index in [2.05, 4.69) is 0 Å². The molecule has 0 atom stereocenters. The molecular formula is C12H12N2O5. The van der Waals surface area contributed by atoms with Gasteiger partial charge >= 0.3 is 5.97 Å². The van der Waals surface area contributed by atoms with E-state index in [-0.39, 0.29) is 23.6 Å². The highest BCUT2D eigenvalue weighted by molar-refractivity contribution is 5.73. The molecule has 0 amide bonds. The Bertz CT molecular complexity index is 560. The minimum Gasteiger partial charge on any atom is -0.491 e. The van der Waals surface area contributed by atoms with Crippen LogP contribution in [0.15, 0.2) is 18.2 Å². The van der Waals surface area contributed by atoms with Gasteiger partial charge in [-0.15, -0.1) is 0 Å². The second-order valence-electron chi connectivity index (χ2n) is 4.50. The number of nitro groups is 1. The zero-order valence-electron chi connectivity index (χ0n) is 10.4. The van der Waals surface area contributed by atoms with Gasteiger partial charge in [0.15, 0.2) is 5.56 Å². The third-order valence-corrected chi connectivity index (χ3v) is 2.48. The van der Waals surface area contributed by atoms with Gasteiger partial charge in [0.05, 0.1) is 10.3 Å². The number of nitriles is 1. The van der Waals surface area contributed by atoms with E-state index in [9.17, 15) is 14.9 Å². The SMILES string of the molecule is CC(C)(COc1cccc([N+](=O)[O-])c1C#N)C(=O)O. The van der Waals surface area contributed by atoms with Crippen LogP contribution in [0, 0.1) is 26.9 Å². The van der Waals surface area contributed by atoms with Crippen molar-refractivity contribution in [2.75, 3.05) is 6.61 Å². The number of carbonyl (C=O) groups is 1. The number of carboxylic acid groups (broad SMARTS) is 1. The zero-order valence-corrected chi connectivity index (χ0v) is 10.4. The van der Waals surface area contributed by atoms with Crippen molar-refractivity contribution in [2.24, 2.45) is 5.41 Å². The number of rotatable bonds is 5. The summed E-state index contributed by atoms with van der Waals surface area (Å²) in [5, 5.41) is 28.6. The smallest absolute Gasteiger partial charge is 0.312 e. The molecule has 0 aliphatic heterocycles. The van der Waals surface area contributed by atoms with E-state index in [1.165, 1.54) is 32.0 Å². The maximum atomic E-state index is 10.9. The van der Waals surface area contributed by atoms with Crippen LogP contribution in [0.25, 0.3) is 0 Å². The molecule has 7 nitrogen and oxygen atoms in total. The van der Waals surface area contributed by atoms with E-state index < -0.39 is 16.3 Å². The summed E-state index contributed by atoms with van der Waals surface area (Å²) < 4.78 is 5.24. The Kier molecular flexibility index (Phi) is 4.07. The summed E-state index contributed by atoms with van der Waals surface area (Å²) in [4.78, 5) is 21.0. The fourth-order valence-corrected chi connectivity index (χ4v) is 1.22. The third-order valence-electron chi connectivity index (χ3n) is 2.48. The monoisotopic (exact) mass is 264 g/mol. The number of nitro benzene ring substituents is 1. The molecule has 1 rings (SSSR count). The van der Waals surface area contributed by atoms with Gasteiger partial charge < -0.3 is 9.84 Å². The molecule has 0 aromatic heterocycles. The molecule has 0 aliphatic rings. The zero-order chi connectivity index (χ0) is 14.6. The van der Waals surface area contributed by atoms with Gasteiger partial charge in [-0.05, 0) is 19.9 Å². The molecule has 0 heterocycles. The van der Waals surface area contributed by atoms with Crippen LogP contribution in [0.5, 0.6) is 5.75 Å². The molecule has 100 valence electrons. The Morgan fingerprint density at radius 3 is 2.68 bits per heavy atom.